The summed E-state index contributed by atoms with van der Waals surface area (Å²) in [6.45, 7) is 4.73. The number of carbonyl (C=O) groups is 1. The highest BCUT2D eigenvalue weighted by molar-refractivity contribution is 5.71. The van der Waals surface area contributed by atoms with E-state index < -0.39 is 12.0 Å². The minimum Gasteiger partial charge on any atom is -0.480 e. The van der Waals surface area contributed by atoms with Gasteiger partial charge in [0.15, 0.2) is 6.04 Å². The first-order chi connectivity index (χ1) is 10.8. The van der Waals surface area contributed by atoms with E-state index in [1.54, 1.807) is 0 Å². The summed E-state index contributed by atoms with van der Waals surface area (Å²) in [6, 6.07) is 0.994. The van der Waals surface area contributed by atoms with Crippen LogP contribution in [0, 0.1) is 5.92 Å². The highest BCUT2D eigenvalue weighted by Crippen LogP contribution is 2.38. The maximum atomic E-state index is 12.7. The average Bonchev–Trinajstić information content (AvgIpc) is 3.27. The lowest BCUT2D eigenvalue weighted by Crippen LogP contribution is -2.35. The lowest BCUT2D eigenvalue weighted by atomic mass is 10.0. The van der Waals surface area contributed by atoms with E-state index in [-0.39, 0.29) is 17.4 Å². The lowest BCUT2D eigenvalue weighted by molar-refractivity contribution is -0.141. The van der Waals surface area contributed by atoms with Crippen molar-refractivity contribution in [1.82, 2.24) is 14.7 Å². The zero-order chi connectivity index (χ0) is 17.1. The number of aliphatic carboxylic acids is 1. The maximum Gasteiger partial charge on any atom is 0.328 e. The standard InChI is InChI=1S/C17H27N3O3/c1-11(2)9-15(17(22)23)20-16(21)14(12-5-6-12)10-13(18-20)7-8-19(3)4/h10-12,15H,5-9H2,1-4H3,(H,22,23)/t15-/m0/s1. The van der Waals surface area contributed by atoms with Gasteiger partial charge in [-0.15, -0.1) is 0 Å². The summed E-state index contributed by atoms with van der Waals surface area (Å²) in [7, 11) is 3.97. The fourth-order valence-corrected chi connectivity index (χ4v) is 2.70. The van der Waals surface area contributed by atoms with E-state index in [1.807, 2.05) is 34.0 Å². The molecule has 0 bridgehead atoms. The van der Waals surface area contributed by atoms with Crippen LogP contribution < -0.4 is 5.56 Å². The van der Waals surface area contributed by atoms with Crippen LogP contribution in [0.15, 0.2) is 10.9 Å². The highest BCUT2D eigenvalue weighted by Gasteiger charge is 2.31. The predicted molar refractivity (Wildman–Crippen MR) is 88.9 cm³/mol. The Morgan fingerprint density at radius 2 is 2.09 bits per heavy atom. The molecule has 1 fully saturated rings. The lowest BCUT2D eigenvalue weighted by Gasteiger charge is -2.19. The van der Waals surface area contributed by atoms with Gasteiger partial charge in [0.1, 0.15) is 0 Å². The van der Waals surface area contributed by atoms with Crippen molar-refractivity contribution in [2.45, 2.75) is 51.5 Å². The van der Waals surface area contributed by atoms with Crippen LogP contribution in [0.1, 0.15) is 56.3 Å². The Balaban J connectivity index is 2.42. The second kappa shape index (κ2) is 7.25. The molecule has 23 heavy (non-hydrogen) atoms. The van der Waals surface area contributed by atoms with Gasteiger partial charge in [-0.25, -0.2) is 9.48 Å². The largest absolute Gasteiger partial charge is 0.480 e. The van der Waals surface area contributed by atoms with Gasteiger partial charge in [0.2, 0.25) is 0 Å². The van der Waals surface area contributed by atoms with Gasteiger partial charge in [0.25, 0.3) is 5.56 Å². The van der Waals surface area contributed by atoms with Gasteiger partial charge in [-0.2, -0.15) is 5.10 Å². The van der Waals surface area contributed by atoms with Gasteiger partial charge in [0, 0.05) is 18.5 Å². The van der Waals surface area contributed by atoms with Crippen molar-refractivity contribution < 1.29 is 9.90 Å². The van der Waals surface area contributed by atoms with Crippen molar-refractivity contribution >= 4 is 5.97 Å². The summed E-state index contributed by atoms with van der Waals surface area (Å²) < 4.78 is 1.22. The van der Waals surface area contributed by atoms with Crippen LogP contribution in [0.3, 0.4) is 0 Å². The van der Waals surface area contributed by atoms with Crippen molar-refractivity contribution in [3.8, 4) is 0 Å². The Hall–Kier alpha value is -1.69. The summed E-state index contributed by atoms with van der Waals surface area (Å²) >= 11 is 0. The molecule has 0 radical (unpaired) electrons. The van der Waals surface area contributed by atoms with E-state index in [2.05, 4.69) is 10.00 Å². The van der Waals surface area contributed by atoms with Crippen LogP contribution in [-0.4, -0.2) is 46.4 Å². The van der Waals surface area contributed by atoms with Crippen LogP contribution in [0.4, 0.5) is 0 Å². The van der Waals surface area contributed by atoms with Crippen molar-refractivity contribution in [3.63, 3.8) is 0 Å². The van der Waals surface area contributed by atoms with Gasteiger partial charge < -0.3 is 10.0 Å². The molecule has 0 spiro atoms. The average molecular weight is 321 g/mol. The molecule has 1 aliphatic carbocycles. The molecule has 1 N–H and O–H groups in total. The normalized spacial score (nSPS) is 16.1. The second-order valence-corrected chi connectivity index (χ2v) is 7.15. The molecular formula is C17H27N3O3. The maximum absolute atomic E-state index is 12.7. The Morgan fingerprint density at radius 1 is 1.43 bits per heavy atom. The molecular weight excluding hydrogens is 294 g/mol. The van der Waals surface area contributed by atoms with Crippen LogP contribution in [-0.2, 0) is 11.2 Å². The topological polar surface area (TPSA) is 75.4 Å². The number of carboxylic acids is 1. The highest BCUT2D eigenvalue weighted by atomic mass is 16.4. The summed E-state index contributed by atoms with van der Waals surface area (Å²) in [5.74, 6) is -0.525. The number of aromatic nitrogens is 2. The van der Waals surface area contributed by atoms with Crippen LogP contribution >= 0.6 is 0 Å². The van der Waals surface area contributed by atoms with Crippen molar-refractivity contribution in [1.29, 1.82) is 0 Å². The summed E-state index contributed by atoms with van der Waals surface area (Å²) in [6.07, 6.45) is 3.13. The fourth-order valence-electron chi connectivity index (χ4n) is 2.70. The third-order valence-electron chi connectivity index (χ3n) is 4.12. The molecule has 0 aliphatic heterocycles. The predicted octanol–water partition coefficient (Wildman–Crippen LogP) is 1.90. The van der Waals surface area contributed by atoms with Gasteiger partial charge in [-0.1, -0.05) is 13.8 Å². The first-order valence-electron chi connectivity index (χ1n) is 8.29. The molecule has 1 aromatic rings. The minimum atomic E-state index is -0.986. The van der Waals surface area contributed by atoms with Gasteiger partial charge in [0.05, 0.1) is 5.69 Å². The number of hydrogen-bond acceptors (Lipinski definition) is 4. The van der Waals surface area contributed by atoms with E-state index in [9.17, 15) is 14.7 Å². The zero-order valence-corrected chi connectivity index (χ0v) is 14.5. The van der Waals surface area contributed by atoms with Gasteiger partial charge in [-0.05, 0) is 51.3 Å². The molecule has 128 valence electrons. The van der Waals surface area contributed by atoms with Gasteiger partial charge in [-0.3, -0.25) is 4.79 Å². The monoisotopic (exact) mass is 321 g/mol. The van der Waals surface area contributed by atoms with Crippen LogP contribution in [0.5, 0.6) is 0 Å². The SMILES string of the molecule is CC(C)C[C@@H](C(=O)O)n1nc(CCN(C)C)cc(C2CC2)c1=O. The molecule has 1 aliphatic rings. The first-order valence-corrected chi connectivity index (χ1v) is 8.29. The third-order valence-corrected chi connectivity index (χ3v) is 4.12. The fraction of sp³-hybridized carbons (Fsp3) is 0.706. The molecule has 1 atom stereocenters. The molecule has 6 heteroatoms. The Labute approximate surface area is 137 Å². The molecule has 0 amide bonds. The Bertz CT molecular complexity index is 618. The summed E-state index contributed by atoms with van der Waals surface area (Å²) in [5.41, 5.74) is 1.31. The number of rotatable bonds is 8. The summed E-state index contributed by atoms with van der Waals surface area (Å²) in [4.78, 5) is 26.4. The van der Waals surface area contributed by atoms with E-state index in [4.69, 9.17) is 0 Å². The van der Waals surface area contributed by atoms with Crippen LogP contribution in [0.25, 0.3) is 0 Å². The Morgan fingerprint density at radius 3 is 2.57 bits per heavy atom. The number of nitrogens with zero attached hydrogens (tertiary/aromatic N) is 3. The summed E-state index contributed by atoms with van der Waals surface area (Å²) in [5, 5.41) is 13.9. The molecule has 2 rings (SSSR count). The molecule has 6 nitrogen and oxygen atoms in total. The minimum absolute atomic E-state index is 0.180. The molecule has 0 saturated heterocycles. The quantitative estimate of drug-likeness (QED) is 0.791. The second-order valence-electron chi connectivity index (χ2n) is 7.15. The number of hydrogen-bond donors (Lipinski definition) is 1. The number of carboxylic acid groups (broad SMARTS) is 1. The van der Waals surface area contributed by atoms with E-state index in [0.29, 0.717) is 12.8 Å². The van der Waals surface area contributed by atoms with Gasteiger partial charge >= 0.3 is 5.97 Å². The van der Waals surface area contributed by atoms with E-state index >= 15 is 0 Å². The van der Waals surface area contributed by atoms with Crippen molar-refractivity contribution in [2.24, 2.45) is 5.92 Å². The number of likely N-dealkylation sites (N-methyl/N-ethyl adjacent to an activating group) is 1. The third kappa shape index (κ3) is 4.64. The molecule has 1 saturated carbocycles. The van der Waals surface area contributed by atoms with Crippen molar-refractivity contribution in [3.05, 3.63) is 27.7 Å². The van der Waals surface area contributed by atoms with Crippen molar-refractivity contribution in [2.75, 3.05) is 20.6 Å². The smallest absolute Gasteiger partial charge is 0.328 e. The van der Waals surface area contributed by atoms with Crippen LogP contribution in [0.2, 0.25) is 0 Å². The molecule has 1 aromatic heterocycles. The van der Waals surface area contributed by atoms with E-state index in [0.717, 1.165) is 30.6 Å². The molecule has 1 heterocycles. The molecule has 0 unspecified atom stereocenters. The Kier molecular flexibility index (Phi) is 5.57. The first kappa shape index (κ1) is 17.7. The molecule has 0 aromatic carbocycles. The zero-order valence-electron chi connectivity index (χ0n) is 14.5. The van der Waals surface area contributed by atoms with E-state index in [1.165, 1.54) is 4.68 Å².